The molecule has 0 aromatic heterocycles. The van der Waals surface area contributed by atoms with Gasteiger partial charge in [0.2, 0.25) is 20.0 Å². The van der Waals surface area contributed by atoms with Gasteiger partial charge in [0.1, 0.15) is 0 Å². The van der Waals surface area contributed by atoms with Crippen molar-refractivity contribution in [3.05, 3.63) is 58.7 Å². The molecule has 2 rings (SSSR count). The van der Waals surface area contributed by atoms with E-state index in [0.717, 1.165) is 26.6 Å². The highest BCUT2D eigenvalue weighted by molar-refractivity contribution is 7.89. The first-order chi connectivity index (χ1) is 13.5. The number of hydrogen-bond acceptors (Lipinski definition) is 5. The van der Waals surface area contributed by atoms with Crippen LogP contribution in [0.4, 0.5) is 0 Å². The molecule has 0 radical (unpaired) electrons. The zero-order valence-corrected chi connectivity index (χ0v) is 18.8. The van der Waals surface area contributed by atoms with Crippen LogP contribution in [0.25, 0.3) is 0 Å². The Morgan fingerprint density at radius 3 is 1.83 bits per heavy atom. The normalized spacial score (nSPS) is 12.5. The maximum absolute atomic E-state index is 12.9. The molecule has 0 heterocycles. The first-order valence-electron chi connectivity index (χ1n) is 9.24. The van der Waals surface area contributed by atoms with Crippen LogP contribution in [0.2, 0.25) is 0 Å². The Labute approximate surface area is 173 Å². The van der Waals surface area contributed by atoms with Crippen molar-refractivity contribution in [2.24, 2.45) is 0 Å². The van der Waals surface area contributed by atoms with Gasteiger partial charge in [0.05, 0.1) is 16.4 Å². The molecular weight excluding hydrogens is 412 g/mol. The minimum absolute atomic E-state index is 0.0973. The molecule has 0 fully saturated rings. The quantitative estimate of drug-likeness (QED) is 0.620. The molecule has 2 N–H and O–H groups in total. The van der Waals surface area contributed by atoms with Crippen molar-refractivity contribution in [1.29, 1.82) is 0 Å². The van der Waals surface area contributed by atoms with E-state index in [4.69, 9.17) is 0 Å². The van der Waals surface area contributed by atoms with Gasteiger partial charge in [-0.25, -0.2) is 21.6 Å². The molecule has 0 aliphatic rings. The number of hydrogen-bond donors (Lipinski definition) is 2. The minimum atomic E-state index is -3.86. The van der Waals surface area contributed by atoms with Crippen LogP contribution in [-0.2, 0) is 20.0 Å². The molecule has 160 valence electrons. The van der Waals surface area contributed by atoms with Crippen LogP contribution in [-0.4, -0.2) is 52.5 Å². The molecule has 0 saturated heterocycles. The fourth-order valence-corrected chi connectivity index (χ4v) is 5.38. The summed E-state index contributed by atoms with van der Waals surface area (Å²) in [7, 11) is -7.63. The second-order valence-electron chi connectivity index (χ2n) is 7.02. The van der Waals surface area contributed by atoms with Crippen molar-refractivity contribution in [3.63, 3.8) is 0 Å². The summed E-state index contributed by atoms with van der Waals surface area (Å²) in [6.07, 6.45) is 0. The molecule has 0 aliphatic carbocycles. The number of aliphatic hydroxyl groups excluding tert-OH is 1. The van der Waals surface area contributed by atoms with Gasteiger partial charge >= 0.3 is 0 Å². The Morgan fingerprint density at radius 2 is 1.31 bits per heavy atom. The molecule has 7 nitrogen and oxygen atoms in total. The predicted octanol–water partition coefficient (Wildman–Crippen LogP) is 1.88. The summed E-state index contributed by atoms with van der Waals surface area (Å²) in [6, 6.07) is 9.64. The fraction of sp³-hybridized carbons (Fsp3) is 0.400. The van der Waals surface area contributed by atoms with E-state index >= 15 is 0 Å². The average molecular weight is 441 g/mol. The molecule has 0 atom stereocenters. The number of aliphatic hydroxyl groups is 1. The van der Waals surface area contributed by atoms with Gasteiger partial charge in [-0.3, -0.25) is 0 Å². The molecule has 2 aromatic rings. The molecule has 0 unspecified atom stereocenters. The summed E-state index contributed by atoms with van der Waals surface area (Å²) >= 11 is 0. The van der Waals surface area contributed by atoms with Crippen molar-refractivity contribution >= 4 is 20.0 Å². The first-order valence-corrected chi connectivity index (χ1v) is 12.2. The van der Waals surface area contributed by atoms with Crippen molar-refractivity contribution in [2.45, 2.75) is 37.5 Å². The monoisotopic (exact) mass is 440 g/mol. The van der Waals surface area contributed by atoms with Gasteiger partial charge in [-0.1, -0.05) is 12.1 Å². The summed E-state index contributed by atoms with van der Waals surface area (Å²) in [5.74, 6) is 0. The number of sulfonamides is 2. The van der Waals surface area contributed by atoms with Crippen LogP contribution in [0.1, 0.15) is 22.3 Å². The molecule has 0 bridgehead atoms. The third-order valence-electron chi connectivity index (χ3n) is 4.91. The van der Waals surface area contributed by atoms with Gasteiger partial charge in [-0.05, 0) is 74.2 Å². The van der Waals surface area contributed by atoms with Gasteiger partial charge in [-0.2, -0.15) is 4.31 Å². The Balaban J connectivity index is 2.16. The molecule has 0 saturated carbocycles. The van der Waals surface area contributed by atoms with E-state index in [9.17, 15) is 21.9 Å². The fourth-order valence-electron chi connectivity index (χ4n) is 2.76. The first kappa shape index (κ1) is 23.5. The van der Waals surface area contributed by atoms with Crippen molar-refractivity contribution in [1.82, 2.24) is 9.03 Å². The topological polar surface area (TPSA) is 104 Å². The summed E-state index contributed by atoms with van der Waals surface area (Å²) < 4.78 is 54.4. The standard InChI is InChI=1S/C20H28N2O5S2/c1-15-5-7-19(13-17(15)3)28(24,25)21-9-10-22(11-12-23)29(26,27)20-8-6-16(2)18(4)14-20/h5-8,13-14,21,23H,9-12H2,1-4H3. The molecule has 9 heteroatoms. The van der Waals surface area contributed by atoms with Gasteiger partial charge in [0, 0.05) is 19.6 Å². The molecule has 0 aliphatic heterocycles. The number of nitrogens with one attached hydrogen (secondary N) is 1. The zero-order valence-electron chi connectivity index (χ0n) is 17.1. The lowest BCUT2D eigenvalue weighted by Gasteiger charge is -2.22. The Bertz CT molecular complexity index is 1080. The maximum Gasteiger partial charge on any atom is 0.243 e. The lowest BCUT2D eigenvalue weighted by atomic mass is 10.1. The molecule has 0 amide bonds. The van der Waals surface area contributed by atoms with Crippen LogP contribution < -0.4 is 4.72 Å². The molecule has 29 heavy (non-hydrogen) atoms. The van der Waals surface area contributed by atoms with Crippen LogP contribution >= 0.6 is 0 Å². The molecule has 2 aromatic carbocycles. The highest BCUT2D eigenvalue weighted by Crippen LogP contribution is 2.19. The van der Waals surface area contributed by atoms with Crippen molar-refractivity contribution in [2.75, 3.05) is 26.2 Å². The Kier molecular flexibility index (Phi) is 7.58. The Morgan fingerprint density at radius 1 is 0.793 bits per heavy atom. The van der Waals surface area contributed by atoms with Gasteiger partial charge in [-0.15, -0.1) is 0 Å². The molecular formula is C20H28N2O5S2. The lowest BCUT2D eigenvalue weighted by molar-refractivity contribution is 0.254. The average Bonchev–Trinajstić information content (AvgIpc) is 2.65. The van der Waals surface area contributed by atoms with Gasteiger partial charge in [0.25, 0.3) is 0 Å². The van der Waals surface area contributed by atoms with Crippen LogP contribution in [0.5, 0.6) is 0 Å². The second kappa shape index (κ2) is 9.36. The third kappa shape index (κ3) is 5.64. The van der Waals surface area contributed by atoms with Crippen LogP contribution in [0, 0.1) is 27.7 Å². The van der Waals surface area contributed by atoms with E-state index in [-0.39, 0.29) is 36.0 Å². The van der Waals surface area contributed by atoms with Gasteiger partial charge in [0.15, 0.2) is 0 Å². The van der Waals surface area contributed by atoms with E-state index in [0.29, 0.717) is 0 Å². The zero-order chi connectivity index (χ0) is 21.8. The number of benzene rings is 2. The SMILES string of the molecule is Cc1ccc(S(=O)(=O)NCCN(CCO)S(=O)(=O)c2ccc(C)c(C)c2)cc1C. The van der Waals surface area contributed by atoms with E-state index in [1.165, 1.54) is 12.1 Å². The largest absolute Gasteiger partial charge is 0.395 e. The van der Waals surface area contributed by atoms with Crippen LogP contribution in [0.15, 0.2) is 46.2 Å². The van der Waals surface area contributed by atoms with Crippen molar-refractivity contribution in [3.8, 4) is 0 Å². The van der Waals surface area contributed by atoms with Crippen LogP contribution in [0.3, 0.4) is 0 Å². The summed E-state index contributed by atoms with van der Waals surface area (Å²) in [5.41, 5.74) is 3.65. The second-order valence-corrected chi connectivity index (χ2v) is 10.7. The number of aryl methyl sites for hydroxylation is 4. The predicted molar refractivity (Wildman–Crippen MR) is 113 cm³/mol. The molecule has 0 spiro atoms. The highest BCUT2D eigenvalue weighted by Gasteiger charge is 2.25. The number of nitrogens with zero attached hydrogens (tertiary/aromatic N) is 1. The van der Waals surface area contributed by atoms with E-state index in [1.807, 2.05) is 27.7 Å². The highest BCUT2D eigenvalue weighted by atomic mass is 32.2. The summed E-state index contributed by atoms with van der Waals surface area (Å²) in [5, 5.41) is 9.29. The summed E-state index contributed by atoms with van der Waals surface area (Å²) in [4.78, 5) is 0.248. The Hall–Kier alpha value is -1.78. The third-order valence-corrected chi connectivity index (χ3v) is 8.26. The van der Waals surface area contributed by atoms with E-state index < -0.39 is 20.0 Å². The van der Waals surface area contributed by atoms with E-state index in [2.05, 4.69) is 4.72 Å². The lowest BCUT2D eigenvalue weighted by Crippen LogP contribution is -2.40. The summed E-state index contributed by atoms with van der Waals surface area (Å²) in [6.45, 7) is 6.73. The smallest absolute Gasteiger partial charge is 0.243 e. The van der Waals surface area contributed by atoms with Gasteiger partial charge < -0.3 is 5.11 Å². The minimum Gasteiger partial charge on any atom is -0.395 e. The maximum atomic E-state index is 12.9. The van der Waals surface area contributed by atoms with E-state index in [1.54, 1.807) is 24.3 Å². The van der Waals surface area contributed by atoms with Crippen molar-refractivity contribution < 1.29 is 21.9 Å². The number of rotatable bonds is 9.